The first-order chi connectivity index (χ1) is 18.4. The maximum atomic E-state index is 13.1. The van der Waals surface area contributed by atoms with Gasteiger partial charge in [0.15, 0.2) is 0 Å². The maximum absolute atomic E-state index is 13.1. The van der Waals surface area contributed by atoms with Crippen LogP contribution in [0.5, 0.6) is 11.5 Å². The third-order valence-corrected chi connectivity index (χ3v) is 6.36. The third-order valence-electron chi connectivity index (χ3n) is 5.02. The van der Waals surface area contributed by atoms with Crippen LogP contribution in [0.4, 0.5) is 9.52 Å². The van der Waals surface area contributed by atoms with Gasteiger partial charge in [0.1, 0.15) is 28.9 Å². The highest BCUT2D eigenvalue weighted by molar-refractivity contribution is 9.10. The normalized spacial score (nSPS) is 10.8. The largest absolute Gasteiger partial charge is 0.497 e. The third kappa shape index (κ3) is 7.67. The van der Waals surface area contributed by atoms with Crippen LogP contribution in [0.1, 0.15) is 26.5 Å². The number of hydrogen-bond donors (Lipinski definition) is 2. The van der Waals surface area contributed by atoms with Gasteiger partial charge in [-0.15, -0.1) is 10.2 Å². The molecule has 0 saturated heterocycles. The number of anilines is 1. The van der Waals surface area contributed by atoms with Gasteiger partial charge < -0.3 is 9.47 Å². The Morgan fingerprint density at radius 1 is 1.08 bits per heavy atom. The number of aromatic nitrogens is 2. The van der Waals surface area contributed by atoms with Gasteiger partial charge in [0, 0.05) is 15.6 Å². The van der Waals surface area contributed by atoms with Crippen molar-refractivity contribution in [3.8, 4) is 11.5 Å². The molecule has 0 spiro atoms. The van der Waals surface area contributed by atoms with Crippen LogP contribution in [0.25, 0.3) is 0 Å². The molecule has 3 aromatic carbocycles. The SMILES string of the molecule is COc1ccc(C(=O)Nc2nnc(CC(=O)N/N=C\c3cc(Br)ccc3OCc3ccc(F)cc3)s2)cc1. The van der Waals surface area contributed by atoms with E-state index in [-0.39, 0.29) is 29.9 Å². The number of benzene rings is 3. The average molecular weight is 598 g/mol. The van der Waals surface area contributed by atoms with Gasteiger partial charge in [-0.05, 0) is 60.2 Å². The predicted octanol–water partition coefficient (Wildman–Crippen LogP) is 4.97. The van der Waals surface area contributed by atoms with Gasteiger partial charge in [-0.1, -0.05) is 39.4 Å². The van der Waals surface area contributed by atoms with E-state index >= 15 is 0 Å². The van der Waals surface area contributed by atoms with Crippen molar-refractivity contribution in [2.24, 2.45) is 5.10 Å². The van der Waals surface area contributed by atoms with Gasteiger partial charge in [0.05, 0.1) is 19.7 Å². The summed E-state index contributed by atoms with van der Waals surface area (Å²) in [7, 11) is 1.55. The first kappa shape index (κ1) is 26.9. The lowest BCUT2D eigenvalue weighted by Crippen LogP contribution is -2.19. The van der Waals surface area contributed by atoms with Crippen molar-refractivity contribution < 1.29 is 23.5 Å². The maximum Gasteiger partial charge on any atom is 0.257 e. The predicted molar refractivity (Wildman–Crippen MR) is 145 cm³/mol. The molecule has 4 rings (SSSR count). The summed E-state index contributed by atoms with van der Waals surface area (Å²) in [4.78, 5) is 24.7. The minimum atomic E-state index is -0.408. The molecule has 0 fully saturated rings. The molecular weight excluding hydrogens is 577 g/mol. The van der Waals surface area contributed by atoms with Gasteiger partial charge in [-0.2, -0.15) is 5.10 Å². The number of carbonyl (C=O) groups is 2. The monoisotopic (exact) mass is 597 g/mol. The second-order valence-corrected chi connectivity index (χ2v) is 9.73. The molecule has 2 N–H and O–H groups in total. The molecule has 0 unspecified atom stereocenters. The highest BCUT2D eigenvalue weighted by Gasteiger charge is 2.13. The van der Waals surface area contributed by atoms with E-state index in [1.807, 2.05) is 6.07 Å². The van der Waals surface area contributed by atoms with E-state index in [0.717, 1.165) is 21.4 Å². The molecule has 0 aliphatic heterocycles. The summed E-state index contributed by atoms with van der Waals surface area (Å²) < 4.78 is 24.8. The van der Waals surface area contributed by atoms with Gasteiger partial charge in [-0.3, -0.25) is 14.9 Å². The van der Waals surface area contributed by atoms with Crippen LogP contribution in [0.15, 0.2) is 76.3 Å². The zero-order valence-electron chi connectivity index (χ0n) is 20.0. The molecule has 1 heterocycles. The second-order valence-electron chi connectivity index (χ2n) is 7.75. The van der Waals surface area contributed by atoms with E-state index in [0.29, 0.717) is 27.6 Å². The minimum Gasteiger partial charge on any atom is -0.497 e. The van der Waals surface area contributed by atoms with Crippen LogP contribution in [0.3, 0.4) is 0 Å². The van der Waals surface area contributed by atoms with Crippen molar-refractivity contribution in [2.75, 3.05) is 12.4 Å². The number of halogens is 2. The number of rotatable bonds is 10. The van der Waals surface area contributed by atoms with Crippen LogP contribution < -0.4 is 20.2 Å². The Morgan fingerprint density at radius 2 is 1.84 bits per heavy atom. The van der Waals surface area contributed by atoms with Crippen LogP contribution in [-0.2, 0) is 17.8 Å². The van der Waals surface area contributed by atoms with Crippen molar-refractivity contribution in [1.82, 2.24) is 15.6 Å². The Hall–Kier alpha value is -4.16. The Morgan fingerprint density at radius 3 is 2.58 bits per heavy atom. The Bertz CT molecular complexity index is 1450. The van der Waals surface area contributed by atoms with Crippen molar-refractivity contribution in [1.29, 1.82) is 0 Å². The lowest BCUT2D eigenvalue weighted by atomic mass is 10.2. The molecule has 1 aromatic heterocycles. The zero-order valence-corrected chi connectivity index (χ0v) is 22.4. The zero-order chi connectivity index (χ0) is 26.9. The fraction of sp³-hybridized carbons (Fsp3) is 0.115. The van der Waals surface area contributed by atoms with Gasteiger partial charge in [-0.25, -0.2) is 9.82 Å². The second kappa shape index (κ2) is 12.9. The summed E-state index contributed by atoms with van der Waals surface area (Å²) >= 11 is 4.50. The highest BCUT2D eigenvalue weighted by Crippen LogP contribution is 2.23. The summed E-state index contributed by atoms with van der Waals surface area (Å²) in [5.41, 5.74) is 4.32. The minimum absolute atomic E-state index is 0.0696. The van der Waals surface area contributed by atoms with Crippen molar-refractivity contribution in [3.05, 3.63) is 98.7 Å². The van der Waals surface area contributed by atoms with E-state index in [4.69, 9.17) is 9.47 Å². The molecule has 0 bridgehead atoms. The van der Waals surface area contributed by atoms with Gasteiger partial charge >= 0.3 is 0 Å². The van der Waals surface area contributed by atoms with E-state index in [2.05, 4.69) is 42.0 Å². The fourth-order valence-corrected chi connectivity index (χ4v) is 4.24. The van der Waals surface area contributed by atoms with E-state index in [1.54, 1.807) is 55.6 Å². The summed E-state index contributed by atoms with van der Waals surface area (Å²) in [6.07, 6.45) is 1.39. The molecular formula is C26H21BrFN5O4S. The molecule has 2 amide bonds. The first-order valence-electron chi connectivity index (χ1n) is 11.2. The number of nitrogens with zero attached hydrogens (tertiary/aromatic N) is 3. The van der Waals surface area contributed by atoms with E-state index < -0.39 is 5.91 Å². The molecule has 0 aliphatic carbocycles. The summed E-state index contributed by atoms with van der Waals surface area (Å²) in [6.45, 7) is 0.240. The van der Waals surface area contributed by atoms with Gasteiger partial charge in [0.2, 0.25) is 11.0 Å². The molecule has 4 aromatic rings. The van der Waals surface area contributed by atoms with E-state index in [9.17, 15) is 14.0 Å². The fourth-order valence-electron chi connectivity index (χ4n) is 3.13. The summed E-state index contributed by atoms with van der Waals surface area (Å²) in [5, 5.41) is 15.2. The molecule has 194 valence electrons. The lowest BCUT2D eigenvalue weighted by molar-refractivity contribution is -0.120. The number of nitrogens with one attached hydrogen (secondary N) is 2. The summed E-state index contributed by atoms with van der Waals surface area (Å²) in [6, 6.07) is 18.0. The Labute approximate surface area is 229 Å². The van der Waals surface area contributed by atoms with E-state index in [1.165, 1.54) is 18.3 Å². The van der Waals surface area contributed by atoms with Crippen LogP contribution >= 0.6 is 27.3 Å². The topological polar surface area (TPSA) is 115 Å². The molecule has 0 atom stereocenters. The van der Waals surface area contributed by atoms with Crippen molar-refractivity contribution in [2.45, 2.75) is 13.0 Å². The van der Waals surface area contributed by atoms with Crippen LogP contribution in [0, 0.1) is 5.82 Å². The highest BCUT2D eigenvalue weighted by atomic mass is 79.9. The number of amides is 2. The molecule has 9 nitrogen and oxygen atoms in total. The molecule has 0 radical (unpaired) electrons. The molecule has 0 saturated carbocycles. The van der Waals surface area contributed by atoms with Crippen molar-refractivity contribution in [3.63, 3.8) is 0 Å². The quantitative estimate of drug-likeness (QED) is 0.197. The Kier molecular flexibility index (Phi) is 9.11. The number of hydrazone groups is 1. The smallest absolute Gasteiger partial charge is 0.257 e. The van der Waals surface area contributed by atoms with Crippen LogP contribution in [0.2, 0.25) is 0 Å². The molecule has 12 heteroatoms. The van der Waals surface area contributed by atoms with Gasteiger partial charge in [0.25, 0.3) is 5.91 Å². The standard InChI is InChI=1S/C26H21BrFN5O4S/c1-36-21-9-4-17(5-10-21)25(35)30-26-33-32-24(38-26)13-23(34)31-29-14-18-12-19(27)6-11-22(18)37-15-16-2-7-20(28)8-3-16/h2-12,14H,13,15H2,1H3,(H,31,34)(H,30,33,35)/b29-14-. The van der Waals surface area contributed by atoms with Crippen LogP contribution in [-0.4, -0.2) is 35.3 Å². The molecule has 38 heavy (non-hydrogen) atoms. The first-order valence-corrected chi connectivity index (χ1v) is 12.8. The number of ether oxygens (including phenoxy) is 2. The average Bonchev–Trinajstić information content (AvgIpc) is 3.35. The number of carbonyl (C=O) groups excluding carboxylic acids is 2. The number of methoxy groups -OCH3 is 1. The van der Waals surface area contributed by atoms with Crippen molar-refractivity contribution >= 4 is 50.4 Å². The number of hydrogen-bond acceptors (Lipinski definition) is 8. The Balaban J connectivity index is 1.30. The summed E-state index contributed by atoms with van der Waals surface area (Å²) in [5.74, 6) is 0.105. The molecule has 0 aliphatic rings. The lowest BCUT2D eigenvalue weighted by Gasteiger charge is -2.09.